The standard InChI is InChI=1S/C27H27NO3/c1-17-9-11-21(12-10-17)27-19(3)24-16-28(15-20-7-5-4-6-8-20)25(29)13-22(24)18(2)23(27)14-26(30)31/h4-12H,13-16H2,1-3H3,(H,30,31). The van der Waals surface area contributed by atoms with Gasteiger partial charge in [-0.1, -0.05) is 60.2 Å². The van der Waals surface area contributed by atoms with Crippen LogP contribution >= 0.6 is 0 Å². The minimum absolute atomic E-state index is 0.0505. The van der Waals surface area contributed by atoms with Gasteiger partial charge in [0.15, 0.2) is 0 Å². The first-order valence-corrected chi connectivity index (χ1v) is 10.6. The predicted molar refractivity (Wildman–Crippen MR) is 122 cm³/mol. The summed E-state index contributed by atoms with van der Waals surface area (Å²) in [5.74, 6) is -0.771. The van der Waals surface area contributed by atoms with Gasteiger partial charge in [-0.05, 0) is 65.3 Å². The van der Waals surface area contributed by atoms with Crippen LogP contribution < -0.4 is 0 Å². The van der Waals surface area contributed by atoms with Gasteiger partial charge in [0.25, 0.3) is 0 Å². The van der Waals surface area contributed by atoms with E-state index in [4.69, 9.17) is 0 Å². The number of amides is 1. The molecule has 0 fully saturated rings. The summed E-state index contributed by atoms with van der Waals surface area (Å²) in [5, 5.41) is 9.58. The molecular weight excluding hydrogens is 386 g/mol. The van der Waals surface area contributed by atoms with Crippen LogP contribution in [0.4, 0.5) is 0 Å². The van der Waals surface area contributed by atoms with Crippen LogP contribution in [-0.2, 0) is 35.5 Å². The van der Waals surface area contributed by atoms with Crippen molar-refractivity contribution in [3.8, 4) is 11.1 Å². The van der Waals surface area contributed by atoms with Crippen LogP contribution in [0, 0.1) is 20.8 Å². The van der Waals surface area contributed by atoms with Crippen LogP contribution in [-0.4, -0.2) is 21.9 Å². The van der Waals surface area contributed by atoms with Crippen LogP contribution in [0.1, 0.15) is 38.9 Å². The first kappa shape index (κ1) is 20.9. The van der Waals surface area contributed by atoms with Crippen molar-refractivity contribution < 1.29 is 14.7 Å². The molecule has 3 aromatic carbocycles. The molecule has 1 N–H and O–H groups in total. The smallest absolute Gasteiger partial charge is 0.307 e. The Morgan fingerprint density at radius 3 is 2.26 bits per heavy atom. The van der Waals surface area contributed by atoms with E-state index < -0.39 is 5.97 Å². The molecule has 0 atom stereocenters. The summed E-state index contributed by atoms with van der Waals surface area (Å²) in [6.45, 7) is 7.19. The van der Waals surface area contributed by atoms with E-state index in [1.165, 1.54) is 0 Å². The summed E-state index contributed by atoms with van der Waals surface area (Å²) in [4.78, 5) is 26.5. The normalized spacial score (nSPS) is 13.3. The van der Waals surface area contributed by atoms with Gasteiger partial charge in [0.1, 0.15) is 0 Å². The molecule has 0 aliphatic carbocycles. The molecule has 4 heteroatoms. The van der Waals surface area contributed by atoms with Gasteiger partial charge >= 0.3 is 5.97 Å². The van der Waals surface area contributed by atoms with Crippen molar-refractivity contribution in [2.45, 2.75) is 46.7 Å². The zero-order valence-corrected chi connectivity index (χ0v) is 18.2. The van der Waals surface area contributed by atoms with Crippen LogP contribution in [0.5, 0.6) is 0 Å². The van der Waals surface area contributed by atoms with Crippen LogP contribution in [0.3, 0.4) is 0 Å². The first-order chi connectivity index (χ1) is 14.8. The number of rotatable bonds is 5. The van der Waals surface area contributed by atoms with Crippen LogP contribution in [0.2, 0.25) is 0 Å². The molecule has 1 heterocycles. The Morgan fingerprint density at radius 2 is 1.61 bits per heavy atom. The van der Waals surface area contributed by atoms with Crippen LogP contribution in [0.15, 0.2) is 54.6 Å². The summed E-state index contributed by atoms with van der Waals surface area (Å²) < 4.78 is 0. The number of carbonyl (C=O) groups excluding carboxylic acids is 1. The minimum Gasteiger partial charge on any atom is -0.481 e. The van der Waals surface area contributed by atoms with Crippen LogP contribution in [0.25, 0.3) is 11.1 Å². The van der Waals surface area contributed by atoms with Gasteiger partial charge in [0, 0.05) is 13.1 Å². The monoisotopic (exact) mass is 413 g/mol. The quantitative estimate of drug-likeness (QED) is 0.641. The molecule has 0 radical (unpaired) electrons. The van der Waals surface area contributed by atoms with E-state index in [1.54, 1.807) is 0 Å². The second-order valence-electron chi connectivity index (χ2n) is 8.41. The SMILES string of the molecule is Cc1ccc(-c2c(C)c3c(c(C)c2CC(=O)O)CC(=O)N(Cc2ccccc2)C3)cc1. The van der Waals surface area contributed by atoms with Crippen molar-refractivity contribution in [2.24, 2.45) is 0 Å². The molecule has 1 aliphatic rings. The number of carbonyl (C=O) groups is 2. The number of carboxylic acids is 1. The second-order valence-corrected chi connectivity index (χ2v) is 8.41. The fourth-order valence-electron chi connectivity index (χ4n) is 4.63. The molecule has 4 nitrogen and oxygen atoms in total. The van der Waals surface area contributed by atoms with Gasteiger partial charge < -0.3 is 10.0 Å². The highest BCUT2D eigenvalue weighted by Crippen LogP contribution is 2.38. The summed E-state index contributed by atoms with van der Waals surface area (Å²) >= 11 is 0. The zero-order valence-electron chi connectivity index (χ0n) is 18.2. The predicted octanol–water partition coefficient (Wildman–Crippen LogP) is 4.99. The summed E-state index contributed by atoms with van der Waals surface area (Å²) in [7, 11) is 0. The third kappa shape index (κ3) is 4.11. The maximum Gasteiger partial charge on any atom is 0.307 e. The molecule has 158 valence electrons. The van der Waals surface area contributed by atoms with E-state index in [2.05, 4.69) is 31.2 Å². The molecule has 0 bridgehead atoms. The molecule has 31 heavy (non-hydrogen) atoms. The van der Waals surface area contributed by atoms with Gasteiger partial charge in [-0.2, -0.15) is 0 Å². The van der Waals surface area contributed by atoms with Crippen molar-refractivity contribution in [3.63, 3.8) is 0 Å². The Hall–Kier alpha value is -3.40. The molecular formula is C27H27NO3. The van der Waals surface area contributed by atoms with Gasteiger partial charge in [-0.15, -0.1) is 0 Å². The first-order valence-electron chi connectivity index (χ1n) is 10.6. The number of benzene rings is 3. The fourth-order valence-corrected chi connectivity index (χ4v) is 4.63. The average molecular weight is 414 g/mol. The lowest BCUT2D eigenvalue weighted by Gasteiger charge is -2.33. The largest absolute Gasteiger partial charge is 0.481 e. The van der Waals surface area contributed by atoms with E-state index in [9.17, 15) is 14.7 Å². The van der Waals surface area contributed by atoms with Crippen molar-refractivity contribution >= 4 is 11.9 Å². The number of fused-ring (bicyclic) bond motifs is 1. The van der Waals surface area contributed by atoms with Crippen molar-refractivity contribution in [1.29, 1.82) is 0 Å². The highest BCUT2D eigenvalue weighted by molar-refractivity contribution is 5.86. The Bertz CT molecular complexity index is 1150. The van der Waals surface area contributed by atoms with Gasteiger partial charge in [-0.3, -0.25) is 9.59 Å². The zero-order chi connectivity index (χ0) is 22.1. The fraction of sp³-hybridized carbons (Fsp3) is 0.259. The molecule has 3 aromatic rings. The molecule has 1 amide bonds. The third-order valence-electron chi connectivity index (χ3n) is 6.31. The maximum absolute atomic E-state index is 13.0. The topological polar surface area (TPSA) is 57.6 Å². The van der Waals surface area contributed by atoms with Gasteiger partial charge in [0.05, 0.1) is 12.8 Å². The average Bonchev–Trinajstić information content (AvgIpc) is 2.74. The molecule has 0 spiro atoms. The molecule has 0 saturated heterocycles. The number of hydrogen-bond donors (Lipinski definition) is 1. The van der Waals surface area contributed by atoms with E-state index >= 15 is 0 Å². The van der Waals surface area contributed by atoms with Crippen molar-refractivity contribution in [3.05, 3.63) is 93.5 Å². The second kappa shape index (κ2) is 8.38. The Balaban J connectivity index is 1.83. The Kier molecular flexibility index (Phi) is 5.64. The number of hydrogen-bond acceptors (Lipinski definition) is 2. The number of aliphatic carboxylic acids is 1. The number of carboxylic acid groups (broad SMARTS) is 1. The molecule has 0 unspecified atom stereocenters. The molecule has 0 saturated carbocycles. The van der Waals surface area contributed by atoms with E-state index in [0.29, 0.717) is 19.5 Å². The van der Waals surface area contributed by atoms with E-state index in [-0.39, 0.29) is 12.3 Å². The maximum atomic E-state index is 13.0. The lowest BCUT2D eigenvalue weighted by Crippen LogP contribution is -2.37. The number of aryl methyl sites for hydroxylation is 1. The third-order valence-corrected chi connectivity index (χ3v) is 6.31. The molecule has 1 aliphatic heterocycles. The minimum atomic E-state index is -0.858. The van der Waals surface area contributed by atoms with E-state index in [1.807, 2.05) is 49.1 Å². The van der Waals surface area contributed by atoms with Gasteiger partial charge in [-0.25, -0.2) is 0 Å². The summed E-state index contributed by atoms with van der Waals surface area (Å²) in [5.41, 5.74) is 9.26. The highest BCUT2D eigenvalue weighted by Gasteiger charge is 2.29. The van der Waals surface area contributed by atoms with Crippen molar-refractivity contribution in [1.82, 2.24) is 4.90 Å². The molecule has 0 aromatic heterocycles. The lowest BCUT2D eigenvalue weighted by molar-refractivity contribution is -0.136. The Morgan fingerprint density at radius 1 is 0.935 bits per heavy atom. The van der Waals surface area contributed by atoms with Crippen molar-refractivity contribution in [2.75, 3.05) is 0 Å². The Labute approximate surface area is 183 Å². The number of nitrogens with zero attached hydrogens (tertiary/aromatic N) is 1. The summed E-state index contributed by atoms with van der Waals surface area (Å²) in [6.07, 6.45) is 0.265. The van der Waals surface area contributed by atoms with Gasteiger partial charge in [0.2, 0.25) is 5.91 Å². The summed E-state index contributed by atoms with van der Waals surface area (Å²) in [6, 6.07) is 18.3. The molecule has 4 rings (SSSR count). The highest BCUT2D eigenvalue weighted by atomic mass is 16.4. The lowest BCUT2D eigenvalue weighted by atomic mass is 9.81. The van der Waals surface area contributed by atoms with E-state index in [0.717, 1.165) is 50.1 Å².